The zero-order chi connectivity index (χ0) is 31.1. The Morgan fingerprint density at radius 1 is 0.447 bits per heavy atom. The molecule has 0 radical (unpaired) electrons. The van der Waals surface area contributed by atoms with Crippen molar-refractivity contribution in [3.8, 4) is 5.69 Å². The number of rotatable bonds is 4. The third-order valence-electron chi connectivity index (χ3n) is 9.45. The third-order valence-corrected chi connectivity index (χ3v) is 11.7. The molecule has 3 heterocycles. The van der Waals surface area contributed by atoms with Gasteiger partial charge in [-0.2, -0.15) is 0 Å². The summed E-state index contributed by atoms with van der Waals surface area (Å²) in [6.07, 6.45) is 0. The van der Waals surface area contributed by atoms with E-state index in [9.17, 15) is 0 Å². The first kappa shape index (κ1) is 26.8. The first-order chi connectivity index (χ1) is 23.2. The fourth-order valence-corrected chi connectivity index (χ4v) is 9.47. The van der Waals surface area contributed by atoms with Gasteiger partial charge in [-0.25, -0.2) is 0 Å². The van der Waals surface area contributed by atoms with Gasteiger partial charge in [0.05, 0.1) is 16.7 Å². The summed E-state index contributed by atoms with van der Waals surface area (Å²) in [6.45, 7) is 2.15. The fraction of sp³-hybridized carbons (Fsp3) is 0.0233. The van der Waals surface area contributed by atoms with Gasteiger partial charge in [0.25, 0.3) is 0 Å². The zero-order valence-electron chi connectivity index (χ0n) is 25.6. The molecule has 4 heteroatoms. The molecule has 0 aliphatic carbocycles. The Balaban J connectivity index is 1.26. The second-order valence-electron chi connectivity index (χ2n) is 12.3. The van der Waals surface area contributed by atoms with E-state index >= 15 is 0 Å². The van der Waals surface area contributed by atoms with Crippen molar-refractivity contribution in [3.05, 3.63) is 157 Å². The Kier molecular flexibility index (Phi) is 5.86. The van der Waals surface area contributed by atoms with Gasteiger partial charge in [0.1, 0.15) is 0 Å². The van der Waals surface area contributed by atoms with Crippen molar-refractivity contribution < 1.29 is 0 Å². The van der Waals surface area contributed by atoms with E-state index in [1.807, 2.05) is 22.7 Å². The molecule has 7 aromatic carbocycles. The molecule has 47 heavy (non-hydrogen) atoms. The van der Waals surface area contributed by atoms with Crippen LogP contribution in [0.3, 0.4) is 0 Å². The van der Waals surface area contributed by atoms with Crippen molar-refractivity contribution in [1.82, 2.24) is 4.57 Å². The molecule has 0 N–H and O–H groups in total. The highest BCUT2D eigenvalue weighted by molar-refractivity contribution is 7.26. The SMILES string of the molecule is Cc1ccc(N(c2ccc3sc4ccccc4c3c2)c2cccc3c2c2ccccc2n3-c2ccc3sc4ccccc4c3c2)cc1. The molecule has 2 nitrogen and oxygen atoms in total. The number of aryl methyl sites for hydroxylation is 1. The summed E-state index contributed by atoms with van der Waals surface area (Å²) in [5.41, 5.74) is 8.29. The van der Waals surface area contributed by atoms with Crippen molar-refractivity contribution >= 4 is 102 Å². The van der Waals surface area contributed by atoms with Crippen LogP contribution < -0.4 is 4.90 Å². The van der Waals surface area contributed by atoms with Crippen LogP contribution >= 0.6 is 22.7 Å². The number of para-hydroxylation sites is 1. The quantitative estimate of drug-likeness (QED) is 0.187. The van der Waals surface area contributed by atoms with E-state index in [-0.39, 0.29) is 0 Å². The summed E-state index contributed by atoms with van der Waals surface area (Å²) in [4.78, 5) is 2.44. The Morgan fingerprint density at radius 2 is 1.02 bits per heavy atom. The second kappa shape index (κ2) is 10.3. The van der Waals surface area contributed by atoms with Crippen LogP contribution in [0.25, 0.3) is 67.8 Å². The maximum atomic E-state index is 2.45. The molecule has 0 spiro atoms. The lowest BCUT2D eigenvalue weighted by atomic mass is 10.1. The number of nitrogens with zero attached hydrogens (tertiary/aromatic N) is 2. The molecule has 0 aliphatic heterocycles. The van der Waals surface area contributed by atoms with Crippen LogP contribution in [0.15, 0.2) is 152 Å². The molecular weight excluding hydrogens is 609 g/mol. The largest absolute Gasteiger partial charge is 0.310 e. The van der Waals surface area contributed by atoms with Crippen LogP contribution in [0.2, 0.25) is 0 Å². The first-order valence-corrected chi connectivity index (χ1v) is 17.6. The van der Waals surface area contributed by atoms with E-state index in [0.717, 1.165) is 11.4 Å². The van der Waals surface area contributed by atoms with E-state index in [2.05, 4.69) is 168 Å². The molecule has 0 saturated heterocycles. The number of benzene rings is 7. The fourth-order valence-electron chi connectivity index (χ4n) is 7.29. The highest BCUT2D eigenvalue weighted by Gasteiger charge is 2.22. The van der Waals surface area contributed by atoms with Gasteiger partial charge in [-0.15, -0.1) is 22.7 Å². The topological polar surface area (TPSA) is 8.17 Å². The number of anilines is 3. The second-order valence-corrected chi connectivity index (χ2v) is 14.4. The Hall–Kier alpha value is -5.42. The number of fused-ring (bicyclic) bond motifs is 9. The van der Waals surface area contributed by atoms with E-state index in [0.29, 0.717) is 0 Å². The van der Waals surface area contributed by atoms with Gasteiger partial charge < -0.3 is 9.47 Å². The molecule has 0 amide bonds. The molecule has 0 atom stereocenters. The first-order valence-electron chi connectivity index (χ1n) is 15.9. The standard InChI is InChI=1S/C43H28N2S2/c1-27-17-19-28(20-18-27)44(29-21-23-41-34(25-29)31-9-3-6-15-39(31)46-41)37-13-8-14-38-43(37)33-11-2-5-12-36(33)45(38)30-22-24-42-35(26-30)32-10-4-7-16-40(32)47-42/h2-26H,1H3. The normalized spacial score (nSPS) is 11.9. The molecule has 0 bridgehead atoms. The van der Waals surface area contributed by atoms with Gasteiger partial charge in [-0.3, -0.25) is 0 Å². The molecule has 10 aromatic rings. The van der Waals surface area contributed by atoms with Gasteiger partial charge in [0, 0.05) is 68.2 Å². The number of thiophene rings is 2. The number of hydrogen-bond donors (Lipinski definition) is 0. The minimum Gasteiger partial charge on any atom is -0.310 e. The minimum atomic E-state index is 1.14. The monoisotopic (exact) mass is 636 g/mol. The van der Waals surface area contributed by atoms with Crippen LogP contribution in [0.1, 0.15) is 5.56 Å². The van der Waals surface area contributed by atoms with Crippen LogP contribution in [0, 0.1) is 6.92 Å². The van der Waals surface area contributed by atoms with Gasteiger partial charge in [-0.1, -0.05) is 78.4 Å². The summed E-state index contributed by atoms with van der Waals surface area (Å²) < 4.78 is 7.72. The average Bonchev–Trinajstić information content (AvgIpc) is 3.78. The Morgan fingerprint density at radius 3 is 1.77 bits per heavy atom. The van der Waals surface area contributed by atoms with Crippen LogP contribution in [0.5, 0.6) is 0 Å². The van der Waals surface area contributed by atoms with Gasteiger partial charge in [0.2, 0.25) is 0 Å². The van der Waals surface area contributed by atoms with Crippen molar-refractivity contribution in [3.63, 3.8) is 0 Å². The summed E-state index contributed by atoms with van der Waals surface area (Å²) in [6, 6.07) is 55.9. The minimum absolute atomic E-state index is 1.14. The van der Waals surface area contributed by atoms with Crippen molar-refractivity contribution in [2.24, 2.45) is 0 Å². The van der Waals surface area contributed by atoms with Crippen LogP contribution in [-0.2, 0) is 0 Å². The Bertz CT molecular complexity index is 2820. The molecule has 0 unspecified atom stereocenters. The molecule has 222 valence electrons. The van der Waals surface area contributed by atoms with E-state index in [1.165, 1.54) is 79.1 Å². The number of aromatic nitrogens is 1. The molecule has 0 aliphatic rings. The molecular formula is C43H28N2S2. The third kappa shape index (κ3) is 4.09. The highest BCUT2D eigenvalue weighted by atomic mass is 32.1. The van der Waals surface area contributed by atoms with Crippen molar-refractivity contribution in [1.29, 1.82) is 0 Å². The smallest absolute Gasteiger partial charge is 0.0562 e. The van der Waals surface area contributed by atoms with Crippen LogP contribution in [-0.4, -0.2) is 4.57 Å². The van der Waals surface area contributed by atoms with Gasteiger partial charge in [-0.05, 0) is 85.8 Å². The van der Waals surface area contributed by atoms with E-state index in [4.69, 9.17) is 0 Å². The van der Waals surface area contributed by atoms with Gasteiger partial charge >= 0.3 is 0 Å². The van der Waals surface area contributed by atoms with Gasteiger partial charge in [0.15, 0.2) is 0 Å². The maximum absolute atomic E-state index is 2.45. The van der Waals surface area contributed by atoms with Crippen molar-refractivity contribution in [2.75, 3.05) is 4.90 Å². The summed E-state index contributed by atoms with van der Waals surface area (Å²) in [5.74, 6) is 0. The Labute approximate surface area is 280 Å². The van der Waals surface area contributed by atoms with Crippen molar-refractivity contribution in [2.45, 2.75) is 6.92 Å². The summed E-state index contributed by atoms with van der Waals surface area (Å²) in [7, 11) is 0. The predicted molar refractivity (Wildman–Crippen MR) is 206 cm³/mol. The molecule has 3 aromatic heterocycles. The zero-order valence-corrected chi connectivity index (χ0v) is 27.3. The van der Waals surface area contributed by atoms with E-state index < -0.39 is 0 Å². The highest BCUT2D eigenvalue weighted by Crippen LogP contribution is 2.46. The summed E-state index contributed by atoms with van der Waals surface area (Å²) >= 11 is 3.73. The summed E-state index contributed by atoms with van der Waals surface area (Å²) in [5, 5.41) is 7.72. The average molecular weight is 637 g/mol. The molecule has 10 rings (SSSR count). The predicted octanol–water partition coefficient (Wildman–Crippen LogP) is 13.3. The number of hydrogen-bond acceptors (Lipinski definition) is 3. The lowest BCUT2D eigenvalue weighted by Crippen LogP contribution is -2.10. The lowest BCUT2D eigenvalue weighted by Gasteiger charge is -2.27. The molecule has 0 saturated carbocycles. The van der Waals surface area contributed by atoms with Crippen LogP contribution in [0.4, 0.5) is 17.1 Å². The lowest BCUT2D eigenvalue weighted by molar-refractivity contribution is 1.19. The molecule has 0 fully saturated rings. The maximum Gasteiger partial charge on any atom is 0.0562 e. The van der Waals surface area contributed by atoms with E-state index in [1.54, 1.807) is 0 Å².